The normalized spacial score (nSPS) is 10.4. The van der Waals surface area contributed by atoms with Crippen LogP contribution < -0.4 is 0 Å². The number of benzene rings is 1. The number of halogens is 2. The van der Waals surface area contributed by atoms with Crippen LogP contribution in [0.4, 0.5) is 8.78 Å². The van der Waals surface area contributed by atoms with Gasteiger partial charge in [-0.1, -0.05) is 18.2 Å². The molecule has 0 saturated carbocycles. The van der Waals surface area contributed by atoms with Crippen molar-refractivity contribution in [3.05, 3.63) is 59.4 Å². The van der Waals surface area contributed by atoms with Crippen LogP contribution >= 0.6 is 0 Å². The molecule has 0 spiro atoms. The summed E-state index contributed by atoms with van der Waals surface area (Å²) in [6.45, 7) is 2.92. The van der Waals surface area contributed by atoms with E-state index in [9.17, 15) is 13.6 Å². The standard InChI is InChI=1S/C16H16F2N2O2/c1-11(15(17)18)8-9-22-16(21)14-10-20(19-12(14)2)13-6-4-3-5-7-13/h3-7,10H,8-9H2,1-2H3. The fourth-order valence-electron chi connectivity index (χ4n) is 1.84. The smallest absolute Gasteiger partial charge is 0.341 e. The third-order valence-corrected chi connectivity index (χ3v) is 3.17. The highest BCUT2D eigenvalue weighted by atomic mass is 19.3. The Morgan fingerprint density at radius 2 is 1.95 bits per heavy atom. The summed E-state index contributed by atoms with van der Waals surface area (Å²) in [7, 11) is 0. The van der Waals surface area contributed by atoms with Crippen molar-refractivity contribution in [3.63, 3.8) is 0 Å². The molecule has 2 aromatic rings. The van der Waals surface area contributed by atoms with E-state index >= 15 is 0 Å². The van der Waals surface area contributed by atoms with Crippen LogP contribution in [0, 0.1) is 6.92 Å². The summed E-state index contributed by atoms with van der Waals surface area (Å²) in [6.07, 6.45) is -0.144. The number of esters is 1. The molecule has 22 heavy (non-hydrogen) atoms. The molecule has 116 valence electrons. The van der Waals surface area contributed by atoms with Gasteiger partial charge in [0.15, 0.2) is 0 Å². The van der Waals surface area contributed by atoms with Crippen LogP contribution in [-0.2, 0) is 4.74 Å². The Bertz CT molecular complexity index is 689. The van der Waals surface area contributed by atoms with Gasteiger partial charge in [0.2, 0.25) is 0 Å². The number of para-hydroxylation sites is 1. The minimum absolute atomic E-state index is 0.0138. The van der Waals surface area contributed by atoms with Crippen LogP contribution in [0.1, 0.15) is 29.4 Å². The van der Waals surface area contributed by atoms with E-state index in [0.717, 1.165) is 5.69 Å². The highest BCUT2D eigenvalue weighted by Crippen LogP contribution is 2.14. The van der Waals surface area contributed by atoms with E-state index in [4.69, 9.17) is 4.74 Å². The molecule has 0 aliphatic carbocycles. The summed E-state index contributed by atoms with van der Waals surface area (Å²) in [4.78, 5) is 12.0. The van der Waals surface area contributed by atoms with Crippen molar-refractivity contribution in [1.82, 2.24) is 9.78 Å². The van der Waals surface area contributed by atoms with E-state index in [0.29, 0.717) is 11.3 Å². The zero-order chi connectivity index (χ0) is 16.1. The first kappa shape index (κ1) is 15.9. The maximum absolute atomic E-state index is 12.3. The molecule has 0 N–H and O–H groups in total. The quantitative estimate of drug-likeness (QED) is 0.787. The van der Waals surface area contributed by atoms with Gasteiger partial charge >= 0.3 is 5.97 Å². The van der Waals surface area contributed by atoms with E-state index in [-0.39, 0.29) is 18.6 Å². The Hall–Kier alpha value is -2.50. The molecule has 2 rings (SSSR count). The van der Waals surface area contributed by atoms with Gasteiger partial charge in [0.05, 0.1) is 18.0 Å². The van der Waals surface area contributed by atoms with Crippen molar-refractivity contribution < 1.29 is 18.3 Å². The van der Waals surface area contributed by atoms with Gasteiger partial charge in [0, 0.05) is 12.6 Å². The molecule has 0 bridgehead atoms. The van der Waals surface area contributed by atoms with Gasteiger partial charge in [0.25, 0.3) is 6.08 Å². The first-order chi connectivity index (χ1) is 10.5. The van der Waals surface area contributed by atoms with Gasteiger partial charge in [-0.3, -0.25) is 0 Å². The molecule has 1 heterocycles. The number of aryl methyl sites for hydroxylation is 1. The zero-order valence-corrected chi connectivity index (χ0v) is 12.3. The SMILES string of the molecule is CC(CCOC(=O)c1cn(-c2ccccc2)nc1C)=C(F)F. The number of carbonyl (C=O) groups is 1. The molecule has 0 aliphatic heterocycles. The Kier molecular flexibility index (Phi) is 5.04. The number of rotatable bonds is 5. The number of aromatic nitrogens is 2. The molecule has 0 saturated heterocycles. The second-order valence-corrected chi connectivity index (χ2v) is 4.83. The molecule has 0 amide bonds. The van der Waals surface area contributed by atoms with Crippen molar-refractivity contribution in [3.8, 4) is 5.69 Å². The summed E-state index contributed by atoms with van der Waals surface area (Å²) >= 11 is 0. The molecule has 0 unspecified atom stereocenters. The second-order valence-electron chi connectivity index (χ2n) is 4.83. The average molecular weight is 306 g/mol. The monoisotopic (exact) mass is 306 g/mol. The molecule has 1 aromatic heterocycles. The lowest BCUT2D eigenvalue weighted by molar-refractivity contribution is 0.0507. The van der Waals surface area contributed by atoms with E-state index in [1.807, 2.05) is 30.3 Å². The van der Waals surface area contributed by atoms with E-state index in [2.05, 4.69) is 5.10 Å². The molecule has 0 fully saturated rings. The van der Waals surface area contributed by atoms with Crippen molar-refractivity contribution in [2.24, 2.45) is 0 Å². The number of carbonyl (C=O) groups excluding carboxylic acids is 1. The van der Waals surface area contributed by atoms with Gasteiger partial charge < -0.3 is 4.74 Å². The summed E-state index contributed by atoms with van der Waals surface area (Å²) < 4.78 is 31.1. The maximum Gasteiger partial charge on any atom is 0.341 e. The van der Waals surface area contributed by atoms with E-state index in [1.54, 1.807) is 17.8 Å². The molecule has 0 atom stereocenters. The van der Waals surface area contributed by atoms with Gasteiger partial charge in [0.1, 0.15) is 5.56 Å². The topological polar surface area (TPSA) is 44.1 Å². The highest BCUT2D eigenvalue weighted by Gasteiger charge is 2.15. The number of ether oxygens (including phenoxy) is 1. The summed E-state index contributed by atoms with van der Waals surface area (Å²) in [5.41, 5.74) is 1.59. The molecule has 4 nitrogen and oxygen atoms in total. The summed E-state index contributed by atoms with van der Waals surface area (Å²) in [5, 5.41) is 4.26. The third kappa shape index (κ3) is 3.78. The minimum atomic E-state index is -1.73. The van der Waals surface area contributed by atoms with E-state index in [1.165, 1.54) is 6.92 Å². The molecule has 0 radical (unpaired) electrons. The molecular weight excluding hydrogens is 290 g/mol. The number of nitrogens with zero attached hydrogens (tertiary/aromatic N) is 2. The van der Waals surface area contributed by atoms with Gasteiger partial charge in [-0.2, -0.15) is 13.9 Å². The predicted octanol–water partition coefficient (Wildman–Crippen LogP) is 3.90. The van der Waals surface area contributed by atoms with Gasteiger partial charge in [-0.25, -0.2) is 9.48 Å². The van der Waals surface area contributed by atoms with Crippen molar-refractivity contribution in [1.29, 1.82) is 0 Å². The Balaban J connectivity index is 2.05. The molecule has 1 aromatic carbocycles. The number of hydrogen-bond acceptors (Lipinski definition) is 3. The predicted molar refractivity (Wildman–Crippen MR) is 78.1 cm³/mol. The lowest BCUT2D eigenvalue weighted by Crippen LogP contribution is -2.07. The Labute approximate surface area is 127 Å². The lowest BCUT2D eigenvalue weighted by atomic mass is 10.2. The van der Waals surface area contributed by atoms with Crippen LogP contribution in [0.5, 0.6) is 0 Å². The van der Waals surface area contributed by atoms with Gasteiger partial charge in [-0.05, 0) is 31.6 Å². The fourth-order valence-corrected chi connectivity index (χ4v) is 1.84. The van der Waals surface area contributed by atoms with Crippen LogP contribution in [0.3, 0.4) is 0 Å². The maximum atomic E-state index is 12.3. The first-order valence-corrected chi connectivity index (χ1v) is 6.78. The van der Waals surface area contributed by atoms with Crippen LogP contribution in [0.2, 0.25) is 0 Å². The molecular formula is C16H16F2N2O2. The Morgan fingerprint density at radius 3 is 2.59 bits per heavy atom. The second kappa shape index (κ2) is 6.98. The van der Waals surface area contributed by atoms with Crippen molar-refractivity contribution in [2.75, 3.05) is 6.61 Å². The third-order valence-electron chi connectivity index (χ3n) is 3.17. The zero-order valence-electron chi connectivity index (χ0n) is 12.3. The lowest BCUT2D eigenvalue weighted by Gasteiger charge is -2.03. The molecule has 6 heteroatoms. The van der Waals surface area contributed by atoms with E-state index < -0.39 is 12.0 Å². The minimum Gasteiger partial charge on any atom is -0.462 e. The van der Waals surface area contributed by atoms with Gasteiger partial charge in [-0.15, -0.1) is 0 Å². The first-order valence-electron chi connectivity index (χ1n) is 6.78. The van der Waals surface area contributed by atoms with Crippen LogP contribution in [-0.4, -0.2) is 22.4 Å². The summed E-state index contributed by atoms with van der Waals surface area (Å²) in [5.74, 6) is -0.563. The summed E-state index contributed by atoms with van der Waals surface area (Å²) in [6, 6.07) is 9.34. The van der Waals surface area contributed by atoms with Crippen molar-refractivity contribution in [2.45, 2.75) is 20.3 Å². The van der Waals surface area contributed by atoms with Crippen molar-refractivity contribution >= 4 is 5.97 Å². The Morgan fingerprint density at radius 1 is 1.27 bits per heavy atom. The average Bonchev–Trinajstić information content (AvgIpc) is 2.90. The van der Waals surface area contributed by atoms with Crippen LogP contribution in [0.25, 0.3) is 5.69 Å². The molecule has 0 aliphatic rings. The highest BCUT2D eigenvalue weighted by molar-refractivity contribution is 5.90. The largest absolute Gasteiger partial charge is 0.462 e. The number of hydrogen-bond donors (Lipinski definition) is 0. The fraction of sp³-hybridized carbons (Fsp3) is 0.250. The van der Waals surface area contributed by atoms with Crippen LogP contribution in [0.15, 0.2) is 48.2 Å².